The number of aliphatic hydroxyl groups is 1. The highest BCUT2D eigenvalue weighted by Crippen LogP contribution is 1.85. The monoisotopic (exact) mass is 161 g/mol. The van der Waals surface area contributed by atoms with Crippen LogP contribution in [-0.2, 0) is 4.79 Å². The highest BCUT2D eigenvalue weighted by Gasteiger charge is 2.05. The quantitative estimate of drug-likeness (QED) is 0.667. The van der Waals surface area contributed by atoms with Crippen molar-refractivity contribution in [3.63, 3.8) is 0 Å². The summed E-state index contributed by atoms with van der Waals surface area (Å²) in [4.78, 5) is 12.2. The summed E-state index contributed by atoms with van der Waals surface area (Å²) in [5.41, 5.74) is 0. The smallest absolute Gasteiger partial charge is 0.248 e. The molecule has 0 rings (SSSR count). The highest BCUT2D eigenvalue weighted by atomic mass is 16.3. The van der Waals surface area contributed by atoms with Crippen LogP contribution in [0, 0.1) is 0 Å². The molecule has 0 fully saturated rings. The molecule has 3 nitrogen and oxygen atoms in total. The Bertz CT molecular complexity index is 90.1. The van der Waals surface area contributed by atoms with Crippen LogP contribution in [0.3, 0.4) is 0 Å². The molecule has 11 heavy (non-hydrogen) atoms. The van der Waals surface area contributed by atoms with Gasteiger partial charge in [-0.05, 0) is 13.8 Å². The molecular formula is C8H19NO2. The third kappa shape index (κ3) is 5.85. The van der Waals surface area contributed by atoms with Crippen LogP contribution in [0.5, 0.6) is 0 Å². The minimum absolute atomic E-state index is 0.194. The maximum Gasteiger partial charge on any atom is 0.248 e. The molecule has 0 saturated carbocycles. The summed E-state index contributed by atoms with van der Waals surface area (Å²) in [6.07, 6.45) is 0. The molecule has 0 heterocycles. The number of rotatable bonds is 3. The zero-order valence-corrected chi connectivity index (χ0v) is 7.92. The predicted octanol–water partition coefficient (Wildman–Crippen LogP) is 0.873. The Morgan fingerprint density at radius 1 is 1.27 bits per heavy atom. The topological polar surface area (TPSA) is 40.5 Å². The number of carbonyl (C=O) groups is 1. The molecule has 0 aromatic carbocycles. The van der Waals surface area contributed by atoms with Gasteiger partial charge in [-0.15, -0.1) is 0 Å². The van der Waals surface area contributed by atoms with E-state index in [1.165, 1.54) is 0 Å². The first-order valence-electron chi connectivity index (χ1n) is 4.14. The molecule has 0 radical (unpaired) electrons. The van der Waals surface area contributed by atoms with E-state index in [1.54, 1.807) is 4.90 Å². The molecule has 68 valence electrons. The Balaban J connectivity index is 0. The second kappa shape index (κ2) is 9.43. The lowest BCUT2D eigenvalue weighted by Gasteiger charge is -2.16. The fourth-order valence-corrected chi connectivity index (χ4v) is 0.676. The van der Waals surface area contributed by atoms with Crippen LogP contribution in [0.25, 0.3) is 0 Å². The van der Waals surface area contributed by atoms with E-state index in [-0.39, 0.29) is 12.5 Å². The van der Waals surface area contributed by atoms with Crippen LogP contribution in [0.1, 0.15) is 27.7 Å². The average Bonchev–Trinajstić information content (AvgIpc) is 2.10. The summed E-state index contributed by atoms with van der Waals surface area (Å²) < 4.78 is 0. The van der Waals surface area contributed by atoms with Crippen LogP contribution >= 0.6 is 0 Å². The fraction of sp³-hybridized carbons (Fsp3) is 0.875. The lowest BCUT2D eigenvalue weighted by molar-refractivity contribution is -0.133. The molecule has 0 aliphatic carbocycles. The van der Waals surface area contributed by atoms with E-state index < -0.39 is 0 Å². The van der Waals surface area contributed by atoms with Gasteiger partial charge in [0.1, 0.15) is 6.61 Å². The second-order valence-corrected chi connectivity index (χ2v) is 1.72. The molecule has 3 heteroatoms. The Labute approximate surface area is 69.0 Å². The van der Waals surface area contributed by atoms with Crippen molar-refractivity contribution < 1.29 is 9.90 Å². The van der Waals surface area contributed by atoms with Gasteiger partial charge in [0.25, 0.3) is 0 Å². The van der Waals surface area contributed by atoms with Gasteiger partial charge in [0.2, 0.25) is 5.91 Å². The zero-order valence-electron chi connectivity index (χ0n) is 7.92. The van der Waals surface area contributed by atoms with Gasteiger partial charge in [0.15, 0.2) is 0 Å². The number of likely N-dealkylation sites (N-methyl/N-ethyl adjacent to an activating group) is 1. The Morgan fingerprint density at radius 3 is 1.73 bits per heavy atom. The average molecular weight is 161 g/mol. The zero-order chi connectivity index (χ0) is 9.28. The van der Waals surface area contributed by atoms with Gasteiger partial charge < -0.3 is 10.0 Å². The molecule has 0 aromatic heterocycles. The van der Waals surface area contributed by atoms with Gasteiger partial charge in [-0.2, -0.15) is 0 Å². The molecule has 1 N–H and O–H groups in total. The van der Waals surface area contributed by atoms with Gasteiger partial charge in [0.05, 0.1) is 0 Å². The number of carbonyl (C=O) groups excluding carboxylic acids is 1. The van der Waals surface area contributed by atoms with E-state index in [0.29, 0.717) is 13.1 Å². The first-order valence-corrected chi connectivity index (χ1v) is 4.14. The lowest BCUT2D eigenvalue weighted by atomic mass is 10.5. The summed E-state index contributed by atoms with van der Waals surface area (Å²) in [5, 5.41) is 8.38. The molecule has 0 aromatic rings. The number of amides is 1. The largest absolute Gasteiger partial charge is 0.387 e. The molecule has 0 bridgehead atoms. The van der Waals surface area contributed by atoms with Crippen LogP contribution in [0.4, 0.5) is 0 Å². The van der Waals surface area contributed by atoms with Crippen LogP contribution < -0.4 is 0 Å². The van der Waals surface area contributed by atoms with Crippen molar-refractivity contribution in [3.05, 3.63) is 0 Å². The predicted molar refractivity (Wildman–Crippen MR) is 46.4 cm³/mol. The van der Waals surface area contributed by atoms with E-state index in [9.17, 15) is 4.79 Å². The fourth-order valence-electron chi connectivity index (χ4n) is 0.676. The van der Waals surface area contributed by atoms with Crippen LogP contribution in [-0.4, -0.2) is 35.6 Å². The number of nitrogens with zero attached hydrogens (tertiary/aromatic N) is 1. The number of hydrogen-bond donors (Lipinski definition) is 1. The van der Waals surface area contributed by atoms with Gasteiger partial charge in [-0.3, -0.25) is 4.79 Å². The van der Waals surface area contributed by atoms with Crippen LogP contribution in [0.15, 0.2) is 0 Å². The SMILES string of the molecule is CC.CCN(CC)C(=O)CO. The van der Waals surface area contributed by atoms with E-state index in [1.807, 2.05) is 27.7 Å². The Morgan fingerprint density at radius 2 is 1.64 bits per heavy atom. The van der Waals surface area contributed by atoms with E-state index in [0.717, 1.165) is 0 Å². The molecular weight excluding hydrogens is 142 g/mol. The van der Waals surface area contributed by atoms with Crippen molar-refractivity contribution in [1.82, 2.24) is 4.90 Å². The minimum atomic E-state index is -0.373. The molecule has 1 amide bonds. The summed E-state index contributed by atoms with van der Waals surface area (Å²) in [6, 6.07) is 0. The van der Waals surface area contributed by atoms with Crippen molar-refractivity contribution in [1.29, 1.82) is 0 Å². The Kier molecular flexibility index (Phi) is 11.2. The van der Waals surface area contributed by atoms with E-state index in [4.69, 9.17) is 5.11 Å². The third-order valence-corrected chi connectivity index (χ3v) is 1.25. The van der Waals surface area contributed by atoms with Crippen molar-refractivity contribution in [3.8, 4) is 0 Å². The Hall–Kier alpha value is -0.570. The van der Waals surface area contributed by atoms with Gasteiger partial charge >= 0.3 is 0 Å². The molecule has 0 atom stereocenters. The van der Waals surface area contributed by atoms with Gasteiger partial charge in [-0.25, -0.2) is 0 Å². The summed E-state index contributed by atoms with van der Waals surface area (Å²) in [6.45, 7) is 8.75. The summed E-state index contributed by atoms with van der Waals surface area (Å²) in [5.74, 6) is -0.194. The van der Waals surface area contributed by atoms with Crippen LogP contribution in [0.2, 0.25) is 0 Å². The maximum atomic E-state index is 10.6. The number of hydrogen-bond acceptors (Lipinski definition) is 2. The molecule has 0 aliphatic heterocycles. The molecule has 0 unspecified atom stereocenters. The first-order chi connectivity index (χ1) is 5.26. The molecule has 0 aliphatic rings. The van der Waals surface area contributed by atoms with E-state index >= 15 is 0 Å². The standard InChI is InChI=1S/C6H13NO2.C2H6/c1-3-7(4-2)6(9)5-8;1-2/h8H,3-5H2,1-2H3;1-2H3. The van der Waals surface area contributed by atoms with Crippen molar-refractivity contribution >= 4 is 5.91 Å². The summed E-state index contributed by atoms with van der Waals surface area (Å²) in [7, 11) is 0. The number of aliphatic hydroxyl groups excluding tert-OH is 1. The first kappa shape index (κ1) is 13.1. The van der Waals surface area contributed by atoms with Gasteiger partial charge in [0, 0.05) is 13.1 Å². The van der Waals surface area contributed by atoms with Gasteiger partial charge in [-0.1, -0.05) is 13.8 Å². The van der Waals surface area contributed by atoms with E-state index in [2.05, 4.69) is 0 Å². The summed E-state index contributed by atoms with van der Waals surface area (Å²) >= 11 is 0. The third-order valence-electron chi connectivity index (χ3n) is 1.25. The second-order valence-electron chi connectivity index (χ2n) is 1.72. The lowest BCUT2D eigenvalue weighted by Crippen LogP contribution is -2.32. The van der Waals surface area contributed by atoms with Crippen molar-refractivity contribution in [2.75, 3.05) is 19.7 Å². The maximum absolute atomic E-state index is 10.6. The van der Waals surface area contributed by atoms with Crippen molar-refractivity contribution in [2.45, 2.75) is 27.7 Å². The molecule has 0 spiro atoms. The normalized spacial score (nSPS) is 8.09. The molecule has 0 saturated heterocycles. The van der Waals surface area contributed by atoms with Crippen molar-refractivity contribution in [2.24, 2.45) is 0 Å². The highest BCUT2D eigenvalue weighted by molar-refractivity contribution is 5.77. The minimum Gasteiger partial charge on any atom is -0.387 e.